The Hall–Kier alpha value is -2.54. The van der Waals surface area contributed by atoms with Crippen molar-refractivity contribution in [3.8, 4) is 0 Å². The summed E-state index contributed by atoms with van der Waals surface area (Å²) < 4.78 is 14.2. The van der Waals surface area contributed by atoms with Gasteiger partial charge in [0.25, 0.3) is 5.91 Å². The number of carbonyl (C=O) groups is 1. The molecule has 132 valence electrons. The molecule has 1 aromatic carbocycles. The molecule has 3 aromatic rings. The zero-order chi connectivity index (χ0) is 18.1. The largest absolute Gasteiger partial charge is 0.365 e. The van der Waals surface area contributed by atoms with E-state index < -0.39 is 0 Å². The Morgan fingerprint density at radius 3 is 2.96 bits per heavy atom. The molecule has 2 aromatic heterocycles. The monoisotopic (exact) mass is 414 g/mol. The van der Waals surface area contributed by atoms with E-state index in [0.29, 0.717) is 34.6 Å². The van der Waals surface area contributed by atoms with Gasteiger partial charge in [-0.15, -0.1) is 0 Å². The van der Waals surface area contributed by atoms with Gasteiger partial charge in [-0.05, 0) is 52.7 Å². The Bertz CT molecular complexity index is 966. The van der Waals surface area contributed by atoms with Gasteiger partial charge in [0.1, 0.15) is 17.3 Å². The lowest BCUT2D eigenvalue weighted by Crippen LogP contribution is -2.32. The number of nitrogens with zero attached hydrogens (tertiary/aromatic N) is 3. The molecule has 7 heteroatoms. The van der Waals surface area contributed by atoms with Crippen LogP contribution in [0.25, 0.3) is 10.9 Å². The van der Waals surface area contributed by atoms with Crippen LogP contribution in [0.15, 0.2) is 53.1 Å². The van der Waals surface area contributed by atoms with Crippen molar-refractivity contribution in [3.05, 3.63) is 64.6 Å². The van der Waals surface area contributed by atoms with Gasteiger partial charge >= 0.3 is 0 Å². The van der Waals surface area contributed by atoms with Gasteiger partial charge in [0.15, 0.2) is 0 Å². The number of carbonyl (C=O) groups excluding carboxylic acids is 1. The van der Waals surface area contributed by atoms with Crippen LogP contribution in [0, 0.1) is 5.82 Å². The van der Waals surface area contributed by atoms with Crippen LogP contribution < -0.4 is 5.32 Å². The first kappa shape index (κ1) is 16.9. The molecule has 1 fully saturated rings. The van der Waals surface area contributed by atoms with Crippen LogP contribution in [0.4, 0.5) is 10.2 Å². The van der Waals surface area contributed by atoms with Gasteiger partial charge in [-0.25, -0.2) is 9.37 Å². The van der Waals surface area contributed by atoms with E-state index in [1.54, 1.807) is 29.3 Å². The number of halogens is 2. The number of anilines is 1. The van der Waals surface area contributed by atoms with E-state index in [-0.39, 0.29) is 17.8 Å². The number of nitrogens with one attached hydrogen (secondary N) is 1. The topological polar surface area (TPSA) is 58.1 Å². The van der Waals surface area contributed by atoms with Crippen LogP contribution in [0.2, 0.25) is 0 Å². The van der Waals surface area contributed by atoms with Gasteiger partial charge in [0, 0.05) is 36.8 Å². The molecule has 1 amide bonds. The van der Waals surface area contributed by atoms with Crippen molar-refractivity contribution < 1.29 is 9.18 Å². The summed E-state index contributed by atoms with van der Waals surface area (Å²) in [6.07, 6.45) is 2.45. The summed E-state index contributed by atoms with van der Waals surface area (Å²) in [4.78, 5) is 22.9. The fourth-order valence-electron chi connectivity index (χ4n) is 3.12. The molecule has 3 heterocycles. The molecular weight excluding hydrogens is 399 g/mol. The first-order valence-electron chi connectivity index (χ1n) is 8.33. The number of hydrogen-bond donors (Lipinski definition) is 1. The van der Waals surface area contributed by atoms with Crippen molar-refractivity contribution in [2.24, 2.45) is 0 Å². The highest BCUT2D eigenvalue weighted by molar-refractivity contribution is 9.10. The lowest BCUT2D eigenvalue weighted by Gasteiger charge is -2.17. The van der Waals surface area contributed by atoms with Gasteiger partial charge < -0.3 is 10.2 Å². The summed E-state index contributed by atoms with van der Waals surface area (Å²) in [7, 11) is 0. The van der Waals surface area contributed by atoms with E-state index >= 15 is 0 Å². The van der Waals surface area contributed by atoms with Crippen molar-refractivity contribution in [1.82, 2.24) is 14.9 Å². The van der Waals surface area contributed by atoms with Crippen LogP contribution in [0.1, 0.15) is 16.9 Å². The molecule has 4 rings (SSSR count). The number of aromatic nitrogens is 2. The van der Waals surface area contributed by atoms with Gasteiger partial charge in [-0.1, -0.05) is 6.07 Å². The van der Waals surface area contributed by atoms with Crippen molar-refractivity contribution in [2.45, 2.75) is 12.5 Å². The van der Waals surface area contributed by atoms with E-state index in [0.717, 1.165) is 11.8 Å². The summed E-state index contributed by atoms with van der Waals surface area (Å²) >= 11 is 3.18. The normalized spacial score (nSPS) is 16.8. The third-order valence-corrected chi connectivity index (χ3v) is 5.05. The predicted octanol–water partition coefficient (Wildman–Crippen LogP) is 3.86. The zero-order valence-corrected chi connectivity index (χ0v) is 15.4. The van der Waals surface area contributed by atoms with Crippen LogP contribution in [0.3, 0.4) is 0 Å². The number of fused-ring (bicyclic) bond motifs is 1. The minimum atomic E-state index is -0.338. The van der Waals surface area contributed by atoms with Crippen molar-refractivity contribution in [1.29, 1.82) is 0 Å². The second-order valence-corrected chi connectivity index (χ2v) is 7.11. The minimum absolute atomic E-state index is 0.0618. The fraction of sp³-hybridized carbons (Fsp3) is 0.211. The highest BCUT2D eigenvalue weighted by Gasteiger charge is 2.27. The maximum Gasteiger partial charge on any atom is 0.272 e. The number of likely N-dealkylation sites (tertiary alicyclic amines) is 1. The standard InChI is InChI=1S/C19H16BrFN4O/c20-14-9-12-4-5-18(24-17(12)10-15(14)21)23-13-6-8-25(11-13)19(26)16-3-1-2-7-22-16/h1-5,7,9-10,13H,6,8,11H2,(H,23,24). The van der Waals surface area contributed by atoms with Crippen molar-refractivity contribution in [3.63, 3.8) is 0 Å². The summed E-state index contributed by atoms with van der Waals surface area (Å²) in [5.74, 6) is 0.278. The number of rotatable bonds is 3. The molecular formula is C19H16BrFN4O. The molecule has 0 bridgehead atoms. The second kappa shape index (κ2) is 6.99. The summed E-state index contributed by atoms with van der Waals surface area (Å²) in [5.41, 5.74) is 1.05. The first-order chi connectivity index (χ1) is 12.6. The molecule has 0 aliphatic carbocycles. The maximum absolute atomic E-state index is 13.7. The van der Waals surface area contributed by atoms with E-state index in [9.17, 15) is 9.18 Å². The van der Waals surface area contributed by atoms with Crippen molar-refractivity contribution >= 4 is 38.6 Å². The van der Waals surface area contributed by atoms with E-state index in [4.69, 9.17) is 0 Å². The third-order valence-electron chi connectivity index (χ3n) is 4.44. The molecule has 1 aliphatic heterocycles. The first-order valence-corrected chi connectivity index (χ1v) is 9.12. The summed E-state index contributed by atoms with van der Waals surface area (Å²) in [5, 5.41) is 4.21. The fourth-order valence-corrected chi connectivity index (χ4v) is 3.48. The van der Waals surface area contributed by atoms with Crippen LogP contribution in [-0.2, 0) is 0 Å². The number of benzene rings is 1. The number of hydrogen-bond acceptors (Lipinski definition) is 4. The average molecular weight is 415 g/mol. The molecule has 0 spiro atoms. The van der Waals surface area contributed by atoms with Crippen LogP contribution in [0.5, 0.6) is 0 Å². The molecule has 0 saturated carbocycles. The molecule has 26 heavy (non-hydrogen) atoms. The van der Waals surface area contributed by atoms with Gasteiger partial charge in [-0.2, -0.15) is 0 Å². The smallest absolute Gasteiger partial charge is 0.272 e. The van der Waals surface area contributed by atoms with E-state index in [2.05, 4.69) is 31.2 Å². The molecule has 1 aliphatic rings. The van der Waals surface area contributed by atoms with Crippen LogP contribution >= 0.6 is 15.9 Å². The summed E-state index contributed by atoms with van der Waals surface area (Å²) in [6.45, 7) is 1.26. The maximum atomic E-state index is 13.7. The third kappa shape index (κ3) is 3.39. The Morgan fingerprint density at radius 2 is 2.15 bits per heavy atom. The second-order valence-electron chi connectivity index (χ2n) is 6.25. The van der Waals surface area contributed by atoms with E-state index in [1.165, 1.54) is 6.07 Å². The van der Waals surface area contributed by atoms with Gasteiger partial charge in [0.2, 0.25) is 0 Å². The lowest BCUT2D eigenvalue weighted by atomic mass is 10.2. The van der Waals surface area contributed by atoms with Crippen LogP contribution in [-0.4, -0.2) is 39.9 Å². The SMILES string of the molecule is O=C(c1ccccn1)N1CCC(Nc2ccc3cc(Br)c(F)cc3n2)C1. The quantitative estimate of drug-likeness (QED) is 0.706. The zero-order valence-electron chi connectivity index (χ0n) is 13.8. The highest BCUT2D eigenvalue weighted by atomic mass is 79.9. The summed E-state index contributed by atoms with van der Waals surface area (Å²) in [6, 6.07) is 12.3. The van der Waals surface area contributed by atoms with Gasteiger partial charge in [0.05, 0.1) is 9.99 Å². The Morgan fingerprint density at radius 1 is 1.27 bits per heavy atom. The Kier molecular flexibility index (Phi) is 4.55. The number of amides is 1. The molecule has 5 nitrogen and oxygen atoms in total. The molecule has 1 N–H and O–H groups in total. The predicted molar refractivity (Wildman–Crippen MR) is 102 cm³/mol. The van der Waals surface area contributed by atoms with Gasteiger partial charge in [-0.3, -0.25) is 9.78 Å². The molecule has 1 atom stereocenters. The Labute approximate surface area is 158 Å². The Balaban J connectivity index is 1.46. The highest BCUT2D eigenvalue weighted by Crippen LogP contribution is 2.24. The average Bonchev–Trinajstić information content (AvgIpc) is 3.11. The number of pyridine rings is 2. The molecule has 1 unspecified atom stereocenters. The lowest BCUT2D eigenvalue weighted by molar-refractivity contribution is 0.0786. The molecule has 0 radical (unpaired) electrons. The molecule has 1 saturated heterocycles. The van der Waals surface area contributed by atoms with Crippen molar-refractivity contribution in [2.75, 3.05) is 18.4 Å². The van der Waals surface area contributed by atoms with E-state index in [1.807, 2.05) is 18.2 Å². The minimum Gasteiger partial charge on any atom is -0.365 e.